The van der Waals surface area contributed by atoms with Gasteiger partial charge in [0.15, 0.2) is 0 Å². The number of hydrogen-bond donors (Lipinski definition) is 0. The second-order valence-corrected chi connectivity index (χ2v) is 10.5. The van der Waals surface area contributed by atoms with Crippen LogP contribution in [-0.2, 0) is 5.92 Å². The summed E-state index contributed by atoms with van der Waals surface area (Å²) in [5, 5.41) is 0.251. The highest BCUT2D eigenvalue weighted by molar-refractivity contribution is 8.00. The number of alkyl halides is 2. The number of anilines is 1. The topological polar surface area (TPSA) is 16.1 Å². The van der Waals surface area contributed by atoms with Crippen molar-refractivity contribution in [2.75, 3.05) is 18.0 Å². The summed E-state index contributed by atoms with van der Waals surface area (Å²) in [4.78, 5) is 7.59. The second kappa shape index (κ2) is 8.63. The van der Waals surface area contributed by atoms with Crippen molar-refractivity contribution < 1.29 is 8.78 Å². The summed E-state index contributed by atoms with van der Waals surface area (Å²) in [6, 6.07) is 9.39. The molecule has 1 aliphatic heterocycles. The van der Waals surface area contributed by atoms with Gasteiger partial charge in [-0.25, -0.2) is 13.8 Å². The fraction of sp³-hybridized carbons (Fsp3) is 0.542. The first-order valence-electron chi connectivity index (χ1n) is 10.5. The quantitative estimate of drug-likeness (QED) is 0.455. The zero-order chi connectivity index (χ0) is 21.2. The summed E-state index contributed by atoms with van der Waals surface area (Å²) in [7, 11) is 0. The van der Waals surface area contributed by atoms with Crippen molar-refractivity contribution in [2.45, 2.75) is 69.9 Å². The van der Waals surface area contributed by atoms with E-state index < -0.39 is 5.92 Å². The van der Waals surface area contributed by atoms with Gasteiger partial charge in [0.2, 0.25) is 0 Å². The zero-order valence-corrected chi connectivity index (χ0v) is 19.0. The maximum Gasteiger partial charge on any atom is 0.271 e. The van der Waals surface area contributed by atoms with E-state index in [9.17, 15) is 8.78 Å². The molecule has 0 radical (unpaired) electrons. The molecule has 0 aliphatic carbocycles. The third-order valence-electron chi connectivity index (χ3n) is 5.85. The minimum atomic E-state index is -2.88. The molecule has 1 fully saturated rings. The number of pyridine rings is 1. The molecule has 1 saturated heterocycles. The molecule has 1 aromatic carbocycles. The lowest BCUT2D eigenvalue weighted by molar-refractivity contribution is 0.0147. The molecule has 0 amide bonds. The Morgan fingerprint density at radius 1 is 1.21 bits per heavy atom. The van der Waals surface area contributed by atoms with Crippen LogP contribution < -0.4 is 4.90 Å². The lowest BCUT2D eigenvalue weighted by atomic mass is 9.79. The van der Waals surface area contributed by atoms with E-state index >= 15 is 0 Å². The number of nitrogens with zero attached hydrogens (tertiary/aromatic N) is 2. The van der Waals surface area contributed by atoms with Gasteiger partial charge >= 0.3 is 0 Å². The Morgan fingerprint density at radius 2 is 1.93 bits per heavy atom. The fourth-order valence-corrected chi connectivity index (χ4v) is 5.00. The molecule has 2 nitrogen and oxygen atoms in total. The predicted molar refractivity (Wildman–Crippen MR) is 120 cm³/mol. The molecular formula is C24H32F2N2S. The summed E-state index contributed by atoms with van der Waals surface area (Å²) in [6.45, 7) is 11.6. The molecule has 1 atom stereocenters. The van der Waals surface area contributed by atoms with Gasteiger partial charge in [0.1, 0.15) is 5.82 Å². The number of benzene rings is 1. The van der Waals surface area contributed by atoms with Crippen LogP contribution in [0.15, 0.2) is 41.4 Å². The van der Waals surface area contributed by atoms with E-state index in [0.29, 0.717) is 10.3 Å². The lowest BCUT2D eigenvalue weighted by Gasteiger charge is -2.40. The van der Waals surface area contributed by atoms with Crippen LogP contribution in [0, 0.1) is 5.41 Å². The molecule has 0 saturated carbocycles. The Kier molecular flexibility index (Phi) is 6.57. The van der Waals surface area contributed by atoms with Crippen LogP contribution in [0.5, 0.6) is 0 Å². The normalized spacial score (nSPS) is 20.3. The van der Waals surface area contributed by atoms with Crippen LogP contribution in [-0.4, -0.2) is 23.3 Å². The Morgan fingerprint density at radius 3 is 2.59 bits per heavy atom. The lowest BCUT2D eigenvalue weighted by Crippen LogP contribution is -2.41. The Labute approximate surface area is 178 Å². The van der Waals surface area contributed by atoms with Gasteiger partial charge in [0.05, 0.1) is 0 Å². The average molecular weight is 419 g/mol. The summed E-state index contributed by atoms with van der Waals surface area (Å²) >= 11 is 1.48. The Balaban J connectivity index is 1.94. The van der Waals surface area contributed by atoms with Gasteiger partial charge in [-0.05, 0) is 60.1 Å². The van der Waals surface area contributed by atoms with Crippen molar-refractivity contribution in [1.82, 2.24) is 4.98 Å². The highest BCUT2D eigenvalue weighted by Gasteiger charge is 2.31. The van der Waals surface area contributed by atoms with Gasteiger partial charge in [0, 0.05) is 41.9 Å². The summed E-state index contributed by atoms with van der Waals surface area (Å²) < 4.78 is 28.6. The molecule has 3 rings (SSSR count). The number of halogens is 2. The highest BCUT2D eigenvalue weighted by Crippen LogP contribution is 2.40. The van der Waals surface area contributed by atoms with Crippen LogP contribution in [0.2, 0.25) is 0 Å². The molecule has 29 heavy (non-hydrogen) atoms. The summed E-state index contributed by atoms with van der Waals surface area (Å²) in [6.07, 6.45) is 5.34. The Hall–Kier alpha value is -1.62. The standard InChI is InChI=1S/C24H32F2N2S/c1-6-23(4)11-7-13-28(16-23)22-15-19(10-12-27-22)18-8-9-21(29-17(2)3)20(14-18)24(5,25)26/h8-10,12,14-15,17H,6-7,11,13,16H2,1-5H3. The van der Waals surface area contributed by atoms with Crippen molar-refractivity contribution in [2.24, 2.45) is 5.41 Å². The molecule has 2 heterocycles. The van der Waals surface area contributed by atoms with E-state index in [1.807, 2.05) is 38.1 Å². The first kappa shape index (κ1) is 22.1. The van der Waals surface area contributed by atoms with E-state index in [1.165, 1.54) is 18.2 Å². The smallest absolute Gasteiger partial charge is 0.271 e. The van der Waals surface area contributed by atoms with Gasteiger partial charge in [0.25, 0.3) is 5.92 Å². The van der Waals surface area contributed by atoms with Gasteiger partial charge in [-0.3, -0.25) is 0 Å². The van der Waals surface area contributed by atoms with Gasteiger partial charge in [-0.15, -0.1) is 11.8 Å². The maximum atomic E-state index is 14.3. The van der Waals surface area contributed by atoms with Gasteiger partial charge in [-0.2, -0.15) is 0 Å². The Bertz CT molecular complexity index is 847. The number of rotatable bonds is 6. The van der Waals surface area contributed by atoms with E-state index in [1.54, 1.807) is 12.3 Å². The van der Waals surface area contributed by atoms with Crippen LogP contribution in [0.4, 0.5) is 14.6 Å². The molecule has 1 aromatic heterocycles. The van der Waals surface area contributed by atoms with E-state index in [2.05, 4.69) is 23.7 Å². The molecule has 0 N–H and O–H groups in total. The van der Waals surface area contributed by atoms with Crippen LogP contribution in [0.1, 0.15) is 59.4 Å². The van der Waals surface area contributed by atoms with Gasteiger partial charge < -0.3 is 4.90 Å². The molecule has 1 unspecified atom stereocenters. The van der Waals surface area contributed by atoms with Crippen molar-refractivity contribution in [3.63, 3.8) is 0 Å². The number of aromatic nitrogens is 1. The van der Waals surface area contributed by atoms with E-state index in [4.69, 9.17) is 0 Å². The van der Waals surface area contributed by atoms with E-state index in [-0.39, 0.29) is 10.8 Å². The molecule has 5 heteroatoms. The second-order valence-electron chi connectivity index (χ2n) is 8.86. The SMILES string of the molecule is CCC1(C)CCCN(c2cc(-c3ccc(SC(C)C)c(C(C)(F)F)c3)ccn2)C1. The number of thioether (sulfide) groups is 1. The van der Waals surface area contributed by atoms with Crippen LogP contribution >= 0.6 is 11.8 Å². The van der Waals surface area contributed by atoms with Crippen molar-refractivity contribution in [3.8, 4) is 11.1 Å². The van der Waals surface area contributed by atoms with E-state index in [0.717, 1.165) is 49.8 Å². The minimum absolute atomic E-state index is 0.101. The molecule has 0 bridgehead atoms. The van der Waals surface area contributed by atoms with Crippen molar-refractivity contribution in [1.29, 1.82) is 0 Å². The van der Waals surface area contributed by atoms with Gasteiger partial charge in [-0.1, -0.05) is 33.8 Å². The minimum Gasteiger partial charge on any atom is -0.356 e. The highest BCUT2D eigenvalue weighted by atomic mass is 32.2. The average Bonchev–Trinajstić information content (AvgIpc) is 2.67. The fourth-order valence-electron chi connectivity index (χ4n) is 3.98. The van der Waals surface area contributed by atoms with Crippen LogP contribution in [0.25, 0.3) is 11.1 Å². The first-order chi connectivity index (χ1) is 13.6. The predicted octanol–water partition coefficient (Wildman–Crippen LogP) is 7.38. The molecular weight excluding hydrogens is 386 g/mol. The number of hydrogen-bond acceptors (Lipinski definition) is 3. The third kappa shape index (κ3) is 5.30. The molecule has 0 spiro atoms. The summed E-state index contributed by atoms with van der Waals surface area (Å²) in [5.41, 5.74) is 2.16. The van der Waals surface area contributed by atoms with Crippen molar-refractivity contribution >= 4 is 17.6 Å². The first-order valence-corrected chi connectivity index (χ1v) is 11.4. The molecule has 1 aliphatic rings. The molecule has 2 aromatic rings. The summed E-state index contributed by atoms with van der Waals surface area (Å²) in [5.74, 6) is -1.94. The zero-order valence-electron chi connectivity index (χ0n) is 18.1. The monoisotopic (exact) mass is 418 g/mol. The number of piperidine rings is 1. The molecule has 158 valence electrons. The third-order valence-corrected chi connectivity index (χ3v) is 6.93. The van der Waals surface area contributed by atoms with Crippen molar-refractivity contribution in [3.05, 3.63) is 42.1 Å². The largest absolute Gasteiger partial charge is 0.356 e. The maximum absolute atomic E-state index is 14.3. The van der Waals surface area contributed by atoms with Crippen LogP contribution in [0.3, 0.4) is 0 Å².